The second kappa shape index (κ2) is 3.07. The van der Waals surface area contributed by atoms with E-state index in [1.807, 2.05) is 0 Å². The molecule has 0 atom stereocenters. The lowest BCUT2D eigenvalue weighted by molar-refractivity contribution is 0.0694. The smallest absolute Gasteiger partial charge is 0.339 e. The van der Waals surface area contributed by atoms with Crippen molar-refractivity contribution in [3.8, 4) is 0 Å². The zero-order chi connectivity index (χ0) is 8.27. The van der Waals surface area contributed by atoms with Crippen molar-refractivity contribution in [3.63, 3.8) is 0 Å². The van der Waals surface area contributed by atoms with Gasteiger partial charge in [0, 0.05) is 12.7 Å². The average molecular weight is 153 g/mol. The maximum Gasteiger partial charge on any atom is 0.339 e. The predicted molar refractivity (Wildman–Crippen MR) is 36.9 cm³/mol. The number of aromatic carboxylic acids is 1. The quantitative estimate of drug-likeness (QED) is 0.605. The zero-order valence-corrected chi connectivity index (χ0v) is 5.69. The SMILES string of the molecule is NCc1ncncc1C(=O)O. The third-order valence-electron chi connectivity index (χ3n) is 1.22. The second-order valence-electron chi connectivity index (χ2n) is 1.89. The molecule has 0 radical (unpaired) electrons. The van der Waals surface area contributed by atoms with Gasteiger partial charge in [0.2, 0.25) is 0 Å². The minimum Gasteiger partial charge on any atom is -0.478 e. The first-order chi connectivity index (χ1) is 5.25. The van der Waals surface area contributed by atoms with Gasteiger partial charge < -0.3 is 10.8 Å². The monoisotopic (exact) mass is 153 g/mol. The molecule has 1 aromatic heterocycles. The predicted octanol–water partition coefficient (Wildman–Crippen LogP) is -0.367. The molecule has 5 heteroatoms. The molecule has 58 valence electrons. The molecule has 3 N–H and O–H groups in total. The molecule has 0 aliphatic rings. The summed E-state index contributed by atoms with van der Waals surface area (Å²) in [7, 11) is 0. The Kier molecular flexibility index (Phi) is 2.12. The molecule has 1 rings (SSSR count). The molecule has 5 nitrogen and oxygen atoms in total. The standard InChI is InChI=1S/C6H7N3O2/c7-1-5-4(6(10)11)2-8-3-9-5/h2-3H,1,7H2,(H,10,11). The van der Waals surface area contributed by atoms with Crippen LogP contribution in [0.25, 0.3) is 0 Å². The van der Waals surface area contributed by atoms with Crippen molar-refractivity contribution < 1.29 is 9.90 Å². The van der Waals surface area contributed by atoms with Crippen LogP contribution in [0.1, 0.15) is 16.1 Å². The molecule has 0 saturated carbocycles. The van der Waals surface area contributed by atoms with Gasteiger partial charge in [-0.25, -0.2) is 14.8 Å². The van der Waals surface area contributed by atoms with Gasteiger partial charge in [-0.15, -0.1) is 0 Å². The van der Waals surface area contributed by atoms with Gasteiger partial charge in [0.25, 0.3) is 0 Å². The van der Waals surface area contributed by atoms with Crippen molar-refractivity contribution in [2.45, 2.75) is 6.54 Å². The van der Waals surface area contributed by atoms with E-state index in [1.165, 1.54) is 12.5 Å². The molecule has 1 heterocycles. The zero-order valence-electron chi connectivity index (χ0n) is 5.69. The van der Waals surface area contributed by atoms with E-state index in [1.54, 1.807) is 0 Å². The minimum atomic E-state index is -1.05. The number of rotatable bonds is 2. The molecular formula is C6H7N3O2. The fourth-order valence-corrected chi connectivity index (χ4v) is 0.696. The molecule has 0 fully saturated rings. The Bertz CT molecular complexity index is 274. The summed E-state index contributed by atoms with van der Waals surface area (Å²) < 4.78 is 0. The average Bonchev–Trinajstić information content (AvgIpc) is 2.04. The highest BCUT2D eigenvalue weighted by Crippen LogP contribution is 2.01. The molecular weight excluding hydrogens is 146 g/mol. The van der Waals surface area contributed by atoms with Gasteiger partial charge in [0.1, 0.15) is 11.9 Å². The second-order valence-corrected chi connectivity index (χ2v) is 1.89. The lowest BCUT2D eigenvalue weighted by atomic mass is 10.2. The van der Waals surface area contributed by atoms with Gasteiger partial charge >= 0.3 is 5.97 Å². The summed E-state index contributed by atoms with van der Waals surface area (Å²) >= 11 is 0. The lowest BCUT2D eigenvalue weighted by Gasteiger charge is -1.98. The summed E-state index contributed by atoms with van der Waals surface area (Å²) in [5.41, 5.74) is 5.65. The molecule has 1 aromatic rings. The van der Waals surface area contributed by atoms with Crippen molar-refractivity contribution >= 4 is 5.97 Å². The number of carboxylic acids is 1. The van der Waals surface area contributed by atoms with Gasteiger partial charge in [0.15, 0.2) is 0 Å². The van der Waals surface area contributed by atoms with E-state index in [-0.39, 0.29) is 12.1 Å². The molecule has 0 aromatic carbocycles. The molecule has 0 aliphatic carbocycles. The van der Waals surface area contributed by atoms with Crippen molar-refractivity contribution in [1.82, 2.24) is 9.97 Å². The van der Waals surface area contributed by atoms with Gasteiger partial charge in [-0.05, 0) is 0 Å². The highest BCUT2D eigenvalue weighted by Gasteiger charge is 2.08. The van der Waals surface area contributed by atoms with Crippen molar-refractivity contribution in [1.29, 1.82) is 0 Å². The Morgan fingerprint density at radius 2 is 2.45 bits per heavy atom. The summed E-state index contributed by atoms with van der Waals surface area (Å²) in [6.07, 6.45) is 2.51. The molecule has 0 saturated heterocycles. The van der Waals surface area contributed by atoms with Gasteiger partial charge in [-0.3, -0.25) is 0 Å². The van der Waals surface area contributed by atoms with E-state index >= 15 is 0 Å². The summed E-state index contributed by atoms with van der Waals surface area (Å²) in [6.45, 7) is 0.115. The summed E-state index contributed by atoms with van der Waals surface area (Å²) in [5.74, 6) is -1.05. The Morgan fingerprint density at radius 1 is 1.73 bits per heavy atom. The van der Waals surface area contributed by atoms with Crippen molar-refractivity contribution in [2.75, 3.05) is 0 Å². The fraction of sp³-hybridized carbons (Fsp3) is 0.167. The van der Waals surface area contributed by atoms with Gasteiger partial charge in [0.05, 0.1) is 5.69 Å². The minimum absolute atomic E-state index is 0.0648. The summed E-state index contributed by atoms with van der Waals surface area (Å²) in [4.78, 5) is 17.7. The summed E-state index contributed by atoms with van der Waals surface area (Å²) in [6, 6.07) is 0. The first-order valence-electron chi connectivity index (χ1n) is 2.98. The van der Waals surface area contributed by atoms with E-state index in [2.05, 4.69) is 9.97 Å². The normalized spacial score (nSPS) is 9.55. The lowest BCUT2D eigenvalue weighted by Crippen LogP contribution is -2.09. The number of carboxylic acid groups (broad SMARTS) is 1. The maximum absolute atomic E-state index is 10.4. The summed E-state index contributed by atoms with van der Waals surface area (Å²) in [5, 5.41) is 8.56. The van der Waals surface area contributed by atoms with Gasteiger partial charge in [-0.1, -0.05) is 0 Å². The number of nitrogens with zero attached hydrogens (tertiary/aromatic N) is 2. The number of nitrogens with two attached hydrogens (primary N) is 1. The topological polar surface area (TPSA) is 89.1 Å². The van der Waals surface area contributed by atoms with Crippen LogP contribution < -0.4 is 5.73 Å². The number of hydrogen-bond acceptors (Lipinski definition) is 4. The van der Waals surface area contributed by atoms with Crippen molar-refractivity contribution in [3.05, 3.63) is 23.8 Å². The first-order valence-corrected chi connectivity index (χ1v) is 2.98. The fourth-order valence-electron chi connectivity index (χ4n) is 0.696. The maximum atomic E-state index is 10.4. The van der Waals surface area contributed by atoms with Crippen LogP contribution >= 0.6 is 0 Å². The largest absolute Gasteiger partial charge is 0.478 e. The van der Waals surface area contributed by atoms with Crippen LogP contribution in [-0.2, 0) is 6.54 Å². The highest BCUT2D eigenvalue weighted by atomic mass is 16.4. The molecule has 0 aliphatic heterocycles. The van der Waals surface area contributed by atoms with Crippen LogP contribution in [0.5, 0.6) is 0 Å². The van der Waals surface area contributed by atoms with Crippen LogP contribution in [-0.4, -0.2) is 21.0 Å². The third kappa shape index (κ3) is 1.50. The van der Waals surface area contributed by atoms with Crippen LogP contribution in [0.4, 0.5) is 0 Å². The Balaban J connectivity index is 3.12. The van der Waals surface area contributed by atoms with Gasteiger partial charge in [-0.2, -0.15) is 0 Å². The molecule has 11 heavy (non-hydrogen) atoms. The number of carbonyl (C=O) groups is 1. The molecule has 0 unspecified atom stereocenters. The Morgan fingerprint density at radius 3 is 2.91 bits per heavy atom. The van der Waals surface area contributed by atoms with E-state index in [0.29, 0.717) is 5.69 Å². The third-order valence-corrected chi connectivity index (χ3v) is 1.22. The molecule has 0 bridgehead atoms. The van der Waals surface area contributed by atoms with Crippen LogP contribution in [0.2, 0.25) is 0 Å². The highest BCUT2D eigenvalue weighted by molar-refractivity contribution is 5.88. The van der Waals surface area contributed by atoms with E-state index in [4.69, 9.17) is 10.8 Å². The Labute approximate surface area is 62.9 Å². The van der Waals surface area contributed by atoms with Crippen LogP contribution in [0.3, 0.4) is 0 Å². The van der Waals surface area contributed by atoms with Crippen LogP contribution in [0.15, 0.2) is 12.5 Å². The number of aromatic nitrogens is 2. The molecule has 0 amide bonds. The molecule has 0 spiro atoms. The first kappa shape index (κ1) is 7.62. The van der Waals surface area contributed by atoms with E-state index in [0.717, 1.165) is 0 Å². The van der Waals surface area contributed by atoms with E-state index < -0.39 is 5.97 Å². The Hall–Kier alpha value is -1.49. The van der Waals surface area contributed by atoms with E-state index in [9.17, 15) is 4.79 Å². The van der Waals surface area contributed by atoms with Crippen LogP contribution in [0, 0.1) is 0 Å². The number of hydrogen-bond donors (Lipinski definition) is 2. The van der Waals surface area contributed by atoms with Crippen molar-refractivity contribution in [2.24, 2.45) is 5.73 Å².